The van der Waals surface area contributed by atoms with E-state index in [0.717, 1.165) is 24.8 Å². The maximum absolute atomic E-state index is 10.9. The third kappa shape index (κ3) is 7.90. The van der Waals surface area contributed by atoms with Crippen molar-refractivity contribution < 1.29 is 8.42 Å². The topological polar surface area (TPSA) is 58.2 Å². The van der Waals surface area contributed by atoms with Crippen molar-refractivity contribution in [2.75, 3.05) is 19.3 Å². The molecule has 0 radical (unpaired) electrons. The molecule has 0 aromatic carbocycles. The molecule has 2 N–H and O–H groups in total. The Morgan fingerprint density at radius 3 is 2.47 bits per heavy atom. The minimum Gasteiger partial charge on any atom is -0.314 e. The molecule has 1 rings (SSSR count). The first kappa shape index (κ1) is 16.9. The van der Waals surface area contributed by atoms with Crippen LogP contribution in [0.4, 0.5) is 0 Å². The lowest BCUT2D eigenvalue weighted by atomic mass is 9.89. The van der Waals surface area contributed by atoms with Crippen LogP contribution in [0.25, 0.3) is 0 Å². The van der Waals surface area contributed by atoms with Gasteiger partial charge in [0, 0.05) is 12.6 Å². The molecule has 0 aromatic rings. The first-order valence-corrected chi connectivity index (χ1v) is 9.45. The van der Waals surface area contributed by atoms with Crippen LogP contribution in [0.1, 0.15) is 52.4 Å². The van der Waals surface area contributed by atoms with Crippen molar-refractivity contribution in [1.82, 2.24) is 10.0 Å². The van der Waals surface area contributed by atoms with Crippen LogP contribution >= 0.6 is 0 Å². The molecule has 0 spiro atoms. The summed E-state index contributed by atoms with van der Waals surface area (Å²) < 4.78 is 24.3. The van der Waals surface area contributed by atoms with Crippen molar-refractivity contribution in [2.45, 2.75) is 58.4 Å². The fourth-order valence-corrected chi connectivity index (χ4v) is 3.37. The van der Waals surface area contributed by atoms with Crippen LogP contribution in [-0.2, 0) is 10.0 Å². The molecule has 114 valence electrons. The number of hydrogen-bond donors (Lipinski definition) is 2. The first-order valence-electron chi connectivity index (χ1n) is 7.56. The Labute approximate surface area is 118 Å². The van der Waals surface area contributed by atoms with Gasteiger partial charge in [0.15, 0.2) is 0 Å². The fourth-order valence-electron chi connectivity index (χ4n) is 2.85. The van der Waals surface area contributed by atoms with Gasteiger partial charge in [0.25, 0.3) is 0 Å². The third-order valence-corrected chi connectivity index (χ3v) is 4.84. The standard InChI is InChI=1S/C14H30N2O2S/c1-12(2)13-6-4-7-14(9-8-13)15-10-5-11-16-19(3,17)18/h12-16H,4-11H2,1-3H3. The molecule has 1 fully saturated rings. The molecule has 2 atom stereocenters. The number of nitrogens with one attached hydrogen (secondary N) is 2. The van der Waals surface area contributed by atoms with Gasteiger partial charge in [0.1, 0.15) is 0 Å². The zero-order valence-electron chi connectivity index (χ0n) is 12.6. The van der Waals surface area contributed by atoms with Gasteiger partial charge in [-0.1, -0.05) is 26.7 Å². The second kappa shape index (κ2) is 8.22. The zero-order valence-corrected chi connectivity index (χ0v) is 13.4. The maximum Gasteiger partial charge on any atom is 0.208 e. The molecule has 19 heavy (non-hydrogen) atoms. The van der Waals surface area contributed by atoms with Crippen LogP contribution in [0.15, 0.2) is 0 Å². The molecule has 0 heterocycles. The molecular weight excluding hydrogens is 260 g/mol. The molecule has 0 amide bonds. The summed E-state index contributed by atoms with van der Waals surface area (Å²) in [7, 11) is -3.03. The van der Waals surface area contributed by atoms with Crippen molar-refractivity contribution in [3.05, 3.63) is 0 Å². The van der Waals surface area contributed by atoms with Gasteiger partial charge in [-0.05, 0) is 44.1 Å². The summed E-state index contributed by atoms with van der Waals surface area (Å²) in [6.07, 6.45) is 8.62. The van der Waals surface area contributed by atoms with Crippen molar-refractivity contribution in [3.8, 4) is 0 Å². The molecule has 0 aromatic heterocycles. The van der Waals surface area contributed by atoms with Gasteiger partial charge in [-0.25, -0.2) is 13.1 Å². The SMILES string of the molecule is CC(C)C1CCCC(NCCCNS(C)(=O)=O)CC1. The van der Waals surface area contributed by atoms with Crippen LogP contribution in [0.5, 0.6) is 0 Å². The van der Waals surface area contributed by atoms with Crippen LogP contribution in [-0.4, -0.2) is 33.8 Å². The van der Waals surface area contributed by atoms with E-state index in [0.29, 0.717) is 12.6 Å². The smallest absolute Gasteiger partial charge is 0.208 e. The van der Waals surface area contributed by atoms with Crippen molar-refractivity contribution in [3.63, 3.8) is 0 Å². The lowest BCUT2D eigenvalue weighted by Gasteiger charge is -2.19. The Kier molecular flexibility index (Phi) is 7.32. The normalized spacial score (nSPS) is 25.5. The van der Waals surface area contributed by atoms with Gasteiger partial charge in [0.2, 0.25) is 10.0 Å². The first-order chi connectivity index (χ1) is 8.88. The van der Waals surface area contributed by atoms with Crippen LogP contribution < -0.4 is 10.0 Å². The molecule has 5 heteroatoms. The molecule has 2 unspecified atom stereocenters. The monoisotopic (exact) mass is 290 g/mol. The molecule has 4 nitrogen and oxygen atoms in total. The van der Waals surface area contributed by atoms with Gasteiger partial charge in [-0.3, -0.25) is 0 Å². The highest BCUT2D eigenvalue weighted by molar-refractivity contribution is 7.88. The van der Waals surface area contributed by atoms with Gasteiger partial charge in [0.05, 0.1) is 6.26 Å². The van der Waals surface area contributed by atoms with Crippen LogP contribution in [0, 0.1) is 11.8 Å². The molecule has 1 aliphatic rings. The number of sulfonamides is 1. The lowest BCUT2D eigenvalue weighted by Crippen LogP contribution is -2.32. The van der Waals surface area contributed by atoms with E-state index in [1.54, 1.807) is 0 Å². The van der Waals surface area contributed by atoms with E-state index in [4.69, 9.17) is 0 Å². The number of rotatable bonds is 7. The molecule has 1 aliphatic carbocycles. The molecule has 0 bridgehead atoms. The molecular formula is C14H30N2O2S. The quantitative estimate of drug-likeness (QED) is 0.558. The Hall–Kier alpha value is -0.130. The average molecular weight is 290 g/mol. The summed E-state index contributed by atoms with van der Waals surface area (Å²) in [6.45, 7) is 6.09. The minimum absolute atomic E-state index is 0.535. The van der Waals surface area contributed by atoms with E-state index in [1.165, 1.54) is 38.4 Å². The predicted octanol–water partition coefficient (Wildman–Crippen LogP) is 2.12. The fraction of sp³-hybridized carbons (Fsp3) is 1.00. The summed E-state index contributed by atoms with van der Waals surface area (Å²) in [5.74, 6) is 1.69. The highest BCUT2D eigenvalue weighted by Crippen LogP contribution is 2.28. The Morgan fingerprint density at radius 1 is 1.11 bits per heavy atom. The van der Waals surface area contributed by atoms with E-state index in [-0.39, 0.29) is 0 Å². The predicted molar refractivity (Wildman–Crippen MR) is 80.7 cm³/mol. The van der Waals surface area contributed by atoms with E-state index in [2.05, 4.69) is 23.9 Å². The summed E-state index contributed by atoms with van der Waals surface area (Å²) in [5.41, 5.74) is 0. The number of hydrogen-bond acceptors (Lipinski definition) is 3. The van der Waals surface area contributed by atoms with Gasteiger partial charge < -0.3 is 5.32 Å². The Balaban J connectivity index is 2.13. The highest BCUT2D eigenvalue weighted by Gasteiger charge is 2.20. The van der Waals surface area contributed by atoms with Gasteiger partial charge >= 0.3 is 0 Å². The second-order valence-electron chi connectivity index (χ2n) is 6.18. The van der Waals surface area contributed by atoms with Gasteiger partial charge in [-0.15, -0.1) is 0 Å². The van der Waals surface area contributed by atoms with Crippen LogP contribution in [0.2, 0.25) is 0 Å². The van der Waals surface area contributed by atoms with Gasteiger partial charge in [-0.2, -0.15) is 0 Å². The van der Waals surface area contributed by atoms with Crippen LogP contribution in [0.3, 0.4) is 0 Å². The maximum atomic E-state index is 10.9. The van der Waals surface area contributed by atoms with E-state index in [9.17, 15) is 8.42 Å². The van der Waals surface area contributed by atoms with E-state index in [1.807, 2.05) is 0 Å². The van der Waals surface area contributed by atoms with Crippen molar-refractivity contribution in [2.24, 2.45) is 11.8 Å². The highest BCUT2D eigenvalue weighted by atomic mass is 32.2. The summed E-state index contributed by atoms with van der Waals surface area (Å²) >= 11 is 0. The van der Waals surface area contributed by atoms with E-state index < -0.39 is 10.0 Å². The molecule has 1 saturated carbocycles. The van der Waals surface area contributed by atoms with E-state index >= 15 is 0 Å². The molecule has 0 saturated heterocycles. The Bertz CT molecular complexity index is 341. The Morgan fingerprint density at radius 2 is 1.84 bits per heavy atom. The van der Waals surface area contributed by atoms with Crippen molar-refractivity contribution in [1.29, 1.82) is 0 Å². The zero-order chi connectivity index (χ0) is 14.3. The third-order valence-electron chi connectivity index (χ3n) is 4.11. The van der Waals surface area contributed by atoms with Crippen molar-refractivity contribution >= 4 is 10.0 Å². The minimum atomic E-state index is -3.03. The summed E-state index contributed by atoms with van der Waals surface area (Å²) in [6, 6.07) is 0.627. The second-order valence-corrected chi connectivity index (χ2v) is 8.02. The molecule has 0 aliphatic heterocycles. The largest absolute Gasteiger partial charge is 0.314 e. The summed E-state index contributed by atoms with van der Waals surface area (Å²) in [5, 5.41) is 3.57. The lowest BCUT2D eigenvalue weighted by molar-refractivity contribution is 0.338. The summed E-state index contributed by atoms with van der Waals surface area (Å²) in [4.78, 5) is 0. The average Bonchev–Trinajstić information content (AvgIpc) is 2.52.